The van der Waals surface area contributed by atoms with E-state index in [0.29, 0.717) is 12.6 Å². The summed E-state index contributed by atoms with van der Waals surface area (Å²) < 4.78 is 5.64. The van der Waals surface area contributed by atoms with Gasteiger partial charge in [0.2, 0.25) is 0 Å². The van der Waals surface area contributed by atoms with Crippen LogP contribution in [-0.4, -0.2) is 13.2 Å². The van der Waals surface area contributed by atoms with Gasteiger partial charge < -0.3 is 10.1 Å². The van der Waals surface area contributed by atoms with Gasteiger partial charge in [-0.25, -0.2) is 0 Å². The normalized spacial score (nSPS) is 12.1. The first kappa shape index (κ1) is 13.8. The van der Waals surface area contributed by atoms with Gasteiger partial charge in [0.25, 0.3) is 0 Å². The largest absolute Gasteiger partial charge is 0.493 e. The molecule has 0 fully saturated rings. The predicted molar refractivity (Wildman–Crippen MR) is 73.5 cm³/mol. The molecule has 1 unspecified atom stereocenters. The van der Waals surface area contributed by atoms with Gasteiger partial charge in [-0.1, -0.05) is 25.1 Å². The second-order valence-electron chi connectivity index (χ2n) is 4.17. The fraction of sp³-hybridized carbons (Fsp3) is 0.467. The molecule has 0 aliphatic rings. The summed E-state index contributed by atoms with van der Waals surface area (Å²) in [5, 5.41) is 3.47. The second-order valence-corrected chi connectivity index (χ2v) is 4.17. The van der Waals surface area contributed by atoms with Crippen LogP contribution < -0.4 is 10.1 Å². The van der Waals surface area contributed by atoms with Crippen LogP contribution in [0.3, 0.4) is 0 Å². The standard InChI is InChI=1S/C15H23NO/c1-4-6-11-17-15-9-7-8-14(12-15)13(3)16-10-5-2/h4,7-9,12-13,16H,1,5-6,10-11H2,2-3H3. The molecule has 0 spiro atoms. The van der Waals surface area contributed by atoms with Crippen molar-refractivity contribution in [2.75, 3.05) is 13.2 Å². The van der Waals surface area contributed by atoms with E-state index in [2.05, 4.69) is 37.9 Å². The van der Waals surface area contributed by atoms with Crippen molar-refractivity contribution in [3.8, 4) is 5.75 Å². The number of ether oxygens (including phenoxy) is 1. The van der Waals surface area contributed by atoms with Crippen molar-refractivity contribution in [1.82, 2.24) is 5.32 Å². The lowest BCUT2D eigenvalue weighted by atomic mass is 10.1. The molecule has 0 aromatic heterocycles. The zero-order valence-corrected chi connectivity index (χ0v) is 10.9. The number of hydrogen-bond donors (Lipinski definition) is 1. The van der Waals surface area contributed by atoms with Gasteiger partial charge in [0, 0.05) is 6.04 Å². The van der Waals surface area contributed by atoms with E-state index in [1.165, 1.54) is 5.56 Å². The Kier molecular flexibility index (Phi) is 6.41. The van der Waals surface area contributed by atoms with E-state index in [9.17, 15) is 0 Å². The molecule has 0 aliphatic heterocycles. The summed E-state index contributed by atoms with van der Waals surface area (Å²) in [4.78, 5) is 0. The highest BCUT2D eigenvalue weighted by atomic mass is 16.5. The Morgan fingerprint density at radius 1 is 1.47 bits per heavy atom. The molecule has 0 saturated carbocycles. The fourth-order valence-corrected chi connectivity index (χ4v) is 1.61. The molecule has 1 atom stereocenters. The van der Waals surface area contributed by atoms with E-state index in [4.69, 9.17) is 4.74 Å². The van der Waals surface area contributed by atoms with E-state index in [0.717, 1.165) is 25.1 Å². The lowest BCUT2D eigenvalue weighted by molar-refractivity contribution is 0.324. The summed E-state index contributed by atoms with van der Waals surface area (Å²) in [5.74, 6) is 0.939. The average Bonchev–Trinajstić information content (AvgIpc) is 2.36. The van der Waals surface area contributed by atoms with Crippen LogP contribution in [0.15, 0.2) is 36.9 Å². The molecule has 1 rings (SSSR count). The molecule has 94 valence electrons. The Hall–Kier alpha value is -1.28. The summed E-state index contributed by atoms with van der Waals surface area (Å²) in [5.41, 5.74) is 1.27. The maximum absolute atomic E-state index is 5.64. The molecule has 0 radical (unpaired) electrons. The van der Waals surface area contributed by atoms with Gasteiger partial charge in [-0.05, 0) is 44.0 Å². The molecule has 17 heavy (non-hydrogen) atoms. The van der Waals surface area contributed by atoms with E-state index in [-0.39, 0.29) is 0 Å². The van der Waals surface area contributed by atoms with Crippen molar-refractivity contribution >= 4 is 0 Å². The van der Waals surface area contributed by atoms with Crippen LogP contribution in [0.2, 0.25) is 0 Å². The molecule has 0 aliphatic carbocycles. The number of benzene rings is 1. The van der Waals surface area contributed by atoms with Gasteiger partial charge >= 0.3 is 0 Å². The Morgan fingerprint density at radius 2 is 2.29 bits per heavy atom. The predicted octanol–water partition coefficient (Wildman–Crippen LogP) is 3.70. The van der Waals surface area contributed by atoms with E-state index in [1.54, 1.807) is 0 Å². The number of rotatable bonds is 8. The highest BCUT2D eigenvalue weighted by molar-refractivity contribution is 5.30. The molecule has 2 heteroatoms. The van der Waals surface area contributed by atoms with Crippen LogP contribution in [0.5, 0.6) is 5.75 Å². The summed E-state index contributed by atoms with van der Waals surface area (Å²) >= 11 is 0. The zero-order chi connectivity index (χ0) is 12.5. The maximum Gasteiger partial charge on any atom is 0.119 e. The van der Waals surface area contributed by atoms with E-state index in [1.807, 2.05) is 18.2 Å². The van der Waals surface area contributed by atoms with Crippen LogP contribution in [-0.2, 0) is 0 Å². The van der Waals surface area contributed by atoms with Crippen molar-refractivity contribution in [2.24, 2.45) is 0 Å². The third-order valence-corrected chi connectivity index (χ3v) is 2.65. The maximum atomic E-state index is 5.64. The first-order valence-electron chi connectivity index (χ1n) is 6.35. The number of hydrogen-bond acceptors (Lipinski definition) is 2. The van der Waals surface area contributed by atoms with Crippen molar-refractivity contribution in [3.63, 3.8) is 0 Å². The molecule has 0 amide bonds. The average molecular weight is 233 g/mol. The molecular weight excluding hydrogens is 210 g/mol. The minimum atomic E-state index is 0.373. The fourth-order valence-electron chi connectivity index (χ4n) is 1.61. The van der Waals surface area contributed by atoms with Crippen LogP contribution in [0.1, 0.15) is 38.3 Å². The Balaban J connectivity index is 2.55. The Labute approximate surface area is 105 Å². The van der Waals surface area contributed by atoms with Gasteiger partial charge in [-0.3, -0.25) is 0 Å². The summed E-state index contributed by atoms with van der Waals surface area (Å²) in [6, 6.07) is 8.66. The molecule has 0 saturated heterocycles. The Morgan fingerprint density at radius 3 is 3.00 bits per heavy atom. The molecular formula is C15H23NO. The SMILES string of the molecule is C=CCCOc1cccc(C(C)NCCC)c1. The van der Waals surface area contributed by atoms with Gasteiger partial charge in [0.1, 0.15) is 5.75 Å². The Bertz CT molecular complexity index is 335. The summed E-state index contributed by atoms with van der Waals surface area (Å²) in [6.45, 7) is 9.78. The van der Waals surface area contributed by atoms with Crippen molar-refractivity contribution in [2.45, 2.75) is 32.7 Å². The molecule has 1 aromatic rings. The van der Waals surface area contributed by atoms with Crippen molar-refractivity contribution in [3.05, 3.63) is 42.5 Å². The smallest absolute Gasteiger partial charge is 0.119 e. The monoisotopic (exact) mass is 233 g/mol. The van der Waals surface area contributed by atoms with Gasteiger partial charge in [0.15, 0.2) is 0 Å². The quantitative estimate of drug-likeness (QED) is 0.546. The van der Waals surface area contributed by atoms with Crippen LogP contribution in [0.25, 0.3) is 0 Å². The van der Waals surface area contributed by atoms with E-state index < -0.39 is 0 Å². The topological polar surface area (TPSA) is 21.3 Å². The summed E-state index contributed by atoms with van der Waals surface area (Å²) in [7, 11) is 0. The van der Waals surface area contributed by atoms with E-state index >= 15 is 0 Å². The highest BCUT2D eigenvalue weighted by Gasteiger charge is 2.04. The zero-order valence-electron chi connectivity index (χ0n) is 10.9. The van der Waals surface area contributed by atoms with Crippen molar-refractivity contribution in [1.29, 1.82) is 0 Å². The van der Waals surface area contributed by atoms with Crippen LogP contribution in [0.4, 0.5) is 0 Å². The summed E-state index contributed by atoms with van der Waals surface area (Å²) in [6.07, 6.45) is 3.91. The molecule has 1 N–H and O–H groups in total. The first-order chi connectivity index (χ1) is 8.27. The molecule has 1 aromatic carbocycles. The molecule has 0 bridgehead atoms. The third-order valence-electron chi connectivity index (χ3n) is 2.65. The minimum absolute atomic E-state index is 0.373. The second kappa shape index (κ2) is 7.91. The third kappa shape index (κ3) is 5.05. The highest BCUT2D eigenvalue weighted by Crippen LogP contribution is 2.19. The van der Waals surface area contributed by atoms with Crippen LogP contribution >= 0.6 is 0 Å². The minimum Gasteiger partial charge on any atom is -0.493 e. The lowest BCUT2D eigenvalue weighted by Crippen LogP contribution is -2.19. The lowest BCUT2D eigenvalue weighted by Gasteiger charge is -2.14. The molecule has 2 nitrogen and oxygen atoms in total. The van der Waals surface area contributed by atoms with Gasteiger partial charge in [-0.15, -0.1) is 6.58 Å². The van der Waals surface area contributed by atoms with Crippen LogP contribution in [0, 0.1) is 0 Å². The number of nitrogens with one attached hydrogen (secondary N) is 1. The van der Waals surface area contributed by atoms with Gasteiger partial charge in [-0.2, -0.15) is 0 Å². The first-order valence-corrected chi connectivity index (χ1v) is 6.35. The van der Waals surface area contributed by atoms with Gasteiger partial charge in [0.05, 0.1) is 6.61 Å². The molecule has 0 heterocycles. The van der Waals surface area contributed by atoms with Crippen molar-refractivity contribution < 1.29 is 4.74 Å².